The van der Waals surface area contributed by atoms with Gasteiger partial charge in [0.2, 0.25) is 0 Å². The Bertz CT molecular complexity index is 1090. The zero-order chi connectivity index (χ0) is 22.4. The molecule has 0 unspecified atom stereocenters. The van der Waals surface area contributed by atoms with Crippen molar-refractivity contribution in [3.63, 3.8) is 0 Å². The second-order valence-corrected chi connectivity index (χ2v) is 8.51. The smallest absolute Gasteiger partial charge is 0.322 e. The molecule has 4 rings (SSSR count). The molecule has 2 aliphatic rings. The summed E-state index contributed by atoms with van der Waals surface area (Å²) in [6, 6.07) is 2.50. The SMILES string of the molecule is N#CC[C@@]1(O)CCC(F)(F)c2c3c(nn2C1)CCN(C(=O)Nc1ccnc(Br)c1F)C3. The molecule has 2 amide bonds. The maximum Gasteiger partial charge on any atom is 0.322 e. The molecule has 31 heavy (non-hydrogen) atoms. The van der Waals surface area contributed by atoms with Crippen molar-refractivity contribution < 1.29 is 23.1 Å². The molecule has 164 valence electrons. The van der Waals surface area contributed by atoms with E-state index < -0.39 is 29.8 Å². The van der Waals surface area contributed by atoms with Gasteiger partial charge in [0.15, 0.2) is 5.82 Å². The Balaban J connectivity index is 1.61. The number of urea groups is 1. The van der Waals surface area contributed by atoms with Crippen LogP contribution in [-0.2, 0) is 25.4 Å². The van der Waals surface area contributed by atoms with Crippen LogP contribution in [-0.4, -0.2) is 42.9 Å². The zero-order valence-corrected chi connectivity index (χ0v) is 17.8. The van der Waals surface area contributed by atoms with Crippen molar-refractivity contribution in [3.05, 3.63) is 39.6 Å². The van der Waals surface area contributed by atoms with Crippen molar-refractivity contribution in [3.8, 4) is 6.07 Å². The van der Waals surface area contributed by atoms with E-state index in [1.54, 1.807) is 0 Å². The number of alkyl halides is 2. The quantitative estimate of drug-likeness (QED) is 0.617. The van der Waals surface area contributed by atoms with Crippen molar-refractivity contribution >= 4 is 27.6 Å². The lowest BCUT2D eigenvalue weighted by Crippen LogP contribution is -2.39. The van der Waals surface area contributed by atoms with Crippen LogP contribution in [0.2, 0.25) is 0 Å². The lowest BCUT2D eigenvalue weighted by atomic mass is 9.93. The van der Waals surface area contributed by atoms with Crippen LogP contribution < -0.4 is 5.32 Å². The fraction of sp³-hybridized carbons (Fsp3) is 0.474. The first-order chi connectivity index (χ1) is 14.6. The molecule has 0 aromatic carbocycles. The molecule has 0 bridgehead atoms. The predicted octanol–water partition coefficient (Wildman–Crippen LogP) is 3.30. The van der Waals surface area contributed by atoms with Crippen molar-refractivity contribution in [2.45, 2.75) is 50.3 Å². The van der Waals surface area contributed by atoms with Gasteiger partial charge in [-0.1, -0.05) is 0 Å². The number of rotatable bonds is 2. The number of aliphatic hydroxyl groups is 1. The fourth-order valence-corrected chi connectivity index (χ4v) is 4.32. The number of anilines is 1. The van der Waals surface area contributed by atoms with Crippen LogP contribution in [0.3, 0.4) is 0 Å². The number of nitrogens with one attached hydrogen (secondary N) is 1. The summed E-state index contributed by atoms with van der Waals surface area (Å²) in [6.07, 6.45) is 0.391. The van der Waals surface area contributed by atoms with Crippen molar-refractivity contribution in [2.24, 2.45) is 0 Å². The van der Waals surface area contributed by atoms with Crippen molar-refractivity contribution in [2.75, 3.05) is 11.9 Å². The monoisotopic (exact) mass is 498 g/mol. The van der Waals surface area contributed by atoms with E-state index in [1.165, 1.54) is 17.2 Å². The topological polar surface area (TPSA) is 107 Å². The van der Waals surface area contributed by atoms with Crippen LogP contribution in [0.1, 0.15) is 36.2 Å². The maximum absolute atomic E-state index is 15.0. The van der Waals surface area contributed by atoms with E-state index in [2.05, 4.69) is 31.3 Å². The Morgan fingerprint density at radius 2 is 2.19 bits per heavy atom. The van der Waals surface area contributed by atoms with Crippen LogP contribution in [0.5, 0.6) is 0 Å². The van der Waals surface area contributed by atoms with Crippen molar-refractivity contribution in [1.29, 1.82) is 5.26 Å². The van der Waals surface area contributed by atoms with Crippen LogP contribution in [0.4, 0.5) is 23.7 Å². The number of amides is 2. The molecule has 4 heterocycles. The molecule has 0 spiro atoms. The molecular formula is C19H18BrF3N6O2. The third-order valence-corrected chi connectivity index (χ3v) is 6.13. The van der Waals surface area contributed by atoms with Gasteiger partial charge in [0, 0.05) is 31.1 Å². The van der Waals surface area contributed by atoms with Gasteiger partial charge in [-0.05, 0) is 28.4 Å². The summed E-state index contributed by atoms with van der Waals surface area (Å²) in [5.74, 6) is -4.02. The lowest BCUT2D eigenvalue weighted by Gasteiger charge is -2.28. The molecule has 12 heteroatoms. The average molecular weight is 499 g/mol. The summed E-state index contributed by atoms with van der Waals surface area (Å²) in [5.41, 5.74) is -1.37. The minimum atomic E-state index is -3.28. The third-order valence-electron chi connectivity index (χ3n) is 5.58. The van der Waals surface area contributed by atoms with Crippen LogP contribution in [0, 0.1) is 17.1 Å². The summed E-state index contributed by atoms with van der Waals surface area (Å²) in [5, 5.41) is 26.3. The number of halogens is 4. The highest BCUT2D eigenvalue weighted by Gasteiger charge is 2.47. The summed E-state index contributed by atoms with van der Waals surface area (Å²) in [7, 11) is 0. The molecule has 0 fully saturated rings. The van der Waals surface area contributed by atoms with Gasteiger partial charge >= 0.3 is 6.03 Å². The Hall–Kier alpha value is -2.65. The summed E-state index contributed by atoms with van der Waals surface area (Å²) < 4.78 is 45.1. The van der Waals surface area contributed by atoms with Gasteiger partial charge in [0.25, 0.3) is 5.92 Å². The van der Waals surface area contributed by atoms with Gasteiger partial charge in [-0.2, -0.15) is 19.1 Å². The number of fused-ring (bicyclic) bond motifs is 3. The van der Waals surface area contributed by atoms with Gasteiger partial charge < -0.3 is 15.3 Å². The highest BCUT2D eigenvalue weighted by Crippen LogP contribution is 2.43. The first-order valence-corrected chi connectivity index (χ1v) is 10.3. The van der Waals surface area contributed by atoms with Crippen LogP contribution >= 0.6 is 15.9 Å². The van der Waals surface area contributed by atoms with Crippen LogP contribution in [0.25, 0.3) is 0 Å². The van der Waals surface area contributed by atoms with Gasteiger partial charge in [0.1, 0.15) is 10.3 Å². The second-order valence-electron chi connectivity index (χ2n) is 7.76. The highest BCUT2D eigenvalue weighted by atomic mass is 79.9. The van der Waals surface area contributed by atoms with Gasteiger partial charge in [-0.25, -0.2) is 14.2 Å². The Morgan fingerprint density at radius 3 is 2.94 bits per heavy atom. The summed E-state index contributed by atoms with van der Waals surface area (Å²) in [4.78, 5) is 17.7. The molecule has 0 saturated carbocycles. The molecule has 2 aliphatic heterocycles. The number of nitrogens with zero attached hydrogens (tertiary/aromatic N) is 5. The van der Waals surface area contributed by atoms with E-state index in [-0.39, 0.29) is 60.4 Å². The standard InChI is InChI=1S/C19H18BrF3N6O2/c20-16-14(21)13(1-7-25-16)26-17(30)28-8-2-12-11(9-28)15-19(22,23)4-3-18(31,5-6-24)10-29(15)27-12/h1,7,31H,2-5,8-10H2,(H,25,26,30)/t18-/m0/s1. The minimum Gasteiger partial charge on any atom is -0.387 e. The lowest BCUT2D eigenvalue weighted by molar-refractivity contribution is -0.0394. The fourth-order valence-electron chi connectivity index (χ4n) is 3.99. The van der Waals surface area contributed by atoms with E-state index >= 15 is 0 Å². The van der Waals surface area contributed by atoms with E-state index in [1.807, 2.05) is 6.07 Å². The molecule has 2 aromatic heterocycles. The molecule has 2 N–H and O–H groups in total. The number of pyridine rings is 1. The van der Waals surface area contributed by atoms with E-state index in [0.29, 0.717) is 5.69 Å². The molecule has 0 saturated heterocycles. The molecule has 1 atom stereocenters. The largest absolute Gasteiger partial charge is 0.387 e. The normalized spacial score (nSPS) is 22.1. The van der Waals surface area contributed by atoms with Gasteiger partial charge in [-0.15, -0.1) is 0 Å². The van der Waals surface area contributed by atoms with E-state index in [4.69, 9.17) is 5.26 Å². The zero-order valence-electron chi connectivity index (χ0n) is 16.2. The number of nitriles is 1. The minimum absolute atomic E-state index is 0.0577. The third kappa shape index (κ3) is 3.99. The maximum atomic E-state index is 15.0. The Labute approximate surface area is 183 Å². The van der Waals surface area contributed by atoms with Gasteiger partial charge in [-0.3, -0.25) is 4.68 Å². The first-order valence-electron chi connectivity index (χ1n) is 9.56. The van der Waals surface area contributed by atoms with E-state index in [9.17, 15) is 23.1 Å². The number of carbonyl (C=O) groups excluding carboxylic acids is 1. The van der Waals surface area contributed by atoms with Gasteiger partial charge in [0.05, 0.1) is 42.6 Å². The summed E-state index contributed by atoms with van der Waals surface area (Å²) >= 11 is 2.94. The Morgan fingerprint density at radius 1 is 1.42 bits per heavy atom. The number of hydrogen-bond donors (Lipinski definition) is 2. The van der Waals surface area contributed by atoms with Crippen molar-refractivity contribution in [1.82, 2.24) is 19.7 Å². The van der Waals surface area contributed by atoms with E-state index in [0.717, 1.165) is 4.68 Å². The average Bonchev–Trinajstić information content (AvgIpc) is 3.03. The predicted molar refractivity (Wildman–Crippen MR) is 106 cm³/mol. The molecular weight excluding hydrogens is 481 g/mol. The highest BCUT2D eigenvalue weighted by molar-refractivity contribution is 9.10. The molecule has 0 aliphatic carbocycles. The first kappa shape index (κ1) is 21.6. The molecule has 0 radical (unpaired) electrons. The number of hydrogen-bond acceptors (Lipinski definition) is 5. The van der Waals surface area contributed by atoms with Crippen LogP contribution in [0.15, 0.2) is 16.9 Å². The second kappa shape index (κ2) is 7.80. The molecule has 8 nitrogen and oxygen atoms in total. The number of aromatic nitrogens is 3. The molecule has 2 aromatic rings. The summed E-state index contributed by atoms with van der Waals surface area (Å²) in [6.45, 7) is -0.144. The number of carbonyl (C=O) groups is 1. The Kier molecular flexibility index (Phi) is 5.43.